The van der Waals surface area contributed by atoms with E-state index in [9.17, 15) is 14.9 Å². The lowest BCUT2D eigenvalue weighted by Crippen LogP contribution is -2.36. The Balaban J connectivity index is 3.10. The normalized spacial score (nSPS) is 11.1. The van der Waals surface area contributed by atoms with Gasteiger partial charge in [0.15, 0.2) is 0 Å². The number of carbonyl (C=O) groups excluding carboxylic acids is 1. The first kappa shape index (κ1) is 14.2. The van der Waals surface area contributed by atoms with Gasteiger partial charge in [-0.15, -0.1) is 0 Å². The average molecular weight is 272 g/mol. The molecule has 1 rings (SSSR count). The molecular weight excluding hydrogens is 258 g/mol. The molecule has 0 aliphatic carbocycles. The summed E-state index contributed by atoms with van der Waals surface area (Å²) in [6.07, 6.45) is 0.0371. The van der Waals surface area contributed by atoms with Gasteiger partial charge in [-0.05, 0) is 19.9 Å². The van der Waals surface area contributed by atoms with Gasteiger partial charge in [0.2, 0.25) is 5.91 Å². The molecule has 0 saturated carbocycles. The Kier molecular flexibility index (Phi) is 4.13. The van der Waals surface area contributed by atoms with E-state index in [0.717, 1.165) is 0 Å². The van der Waals surface area contributed by atoms with Gasteiger partial charge >= 0.3 is 0 Å². The van der Waals surface area contributed by atoms with E-state index in [1.807, 2.05) is 0 Å². The predicted octanol–water partition coefficient (Wildman–Crippen LogP) is 2.31. The van der Waals surface area contributed by atoms with Gasteiger partial charge in [-0.25, -0.2) is 0 Å². The summed E-state index contributed by atoms with van der Waals surface area (Å²) < 4.78 is 0. The summed E-state index contributed by atoms with van der Waals surface area (Å²) in [5.41, 5.74) is 4.45. The van der Waals surface area contributed by atoms with E-state index in [1.54, 1.807) is 13.8 Å². The second-order valence-corrected chi connectivity index (χ2v) is 4.95. The van der Waals surface area contributed by atoms with Crippen LogP contribution in [0.5, 0.6) is 0 Å². The molecular formula is C11H14ClN3O3. The number of hydrogen-bond donors (Lipinski definition) is 2. The molecule has 0 heterocycles. The molecule has 0 aromatic heterocycles. The maximum atomic E-state index is 10.9. The van der Waals surface area contributed by atoms with Crippen molar-refractivity contribution >= 4 is 28.9 Å². The van der Waals surface area contributed by atoms with Crippen LogP contribution < -0.4 is 11.1 Å². The molecule has 1 amide bonds. The Morgan fingerprint density at radius 2 is 2.17 bits per heavy atom. The van der Waals surface area contributed by atoms with E-state index >= 15 is 0 Å². The zero-order valence-electron chi connectivity index (χ0n) is 10.1. The minimum Gasteiger partial charge on any atom is -0.373 e. The number of anilines is 1. The first-order chi connectivity index (χ1) is 8.23. The van der Waals surface area contributed by atoms with E-state index in [-0.39, 0.29) is 22.8 Å². The zero-order valence-corrected chi connectivity index (χ0v) is 10.8. The SMILES string of the molecule is CC(C)(CC(N)=O)Nc1c(Cl)cccc1[N+](=O)[O-]. The Morgan fingerprint density at radius 3 is 2.67 bits per heavy atom. The number of benzene rings is 1. The first-order valence-electron chi connectivity index (χ1n) is 5.22. The van der Waals surface area contributed by atoms with Crippen molar-refractivity contribution in [2.24, 2.45) is 5.73 Å². The van der Waals surface area contributed by atoms with Crippen LogP contribution in [0.25, 0.3) is 0 Å². The minimum atomic E-state index is -0.721. The van der Waals surface area contributed by atoms with Crippen molar-refractivity contribution in [2.75, 3.05) is 5.32 Å². The molecule has 0 unspecified atom stereocenters. The van der Waals surface area contributed by atoms with Crippen LogP contribution in [0.1, 0.15) is 20.3 Å². The fourth-order valence-electron chi connectivity index (χ4n) is 1.61. The second-order valence-electron chi connectivity index (χ2n) is 4.54. The van der Waals surface area contributed by atoms with Gasteiger partial charge in [0.05, 0.1) is 9.95 Å². The number of rotatable bonds is 5. The summed E-state index contributed by atoms with van der Waals surface area (Å²) in [6, 6.07) is 4.37. The van der Waals surface area contributed by atoms with Crippen LogP contribution in [0.4, 0.5) is 11.4 Å². The van der Waals surface area contributed by atoms with Crippen LogP contribution in [-0.4, -0.2) is 16.4 Å². The highest BCUT2D eigenvalue weighted by atomic mass is 35.5. The van der Waals surface area contributed by atoms with E-state index in [4.69, 9.17) is 17.3 Å². The number of nitrogens with zero attached hydrogens (tertiary/aromatic N) is 1. The molecule has 6 nitrogen and oxygen atoms in total. The first-order valence-corrected chi connectivity index (χ1v) is 5.60. The summed E-state index contributed by atoms with van der Waals surface area (Å²) >= 11 is 5.93. The van der Waals surface area contributed by atoms with Crippen molar-refractivity contribution in [2.45, 2.75) is 25.8 Å². The third-order valence-electron chi connectivity index (χ3n) is 2.27. The number of amides is 1. The molecule has 1 aromatic carbocycles. The molecule has 3 N–H and O–H groups in total. The Bertz CT molecular complexity index is 488. The molecule has 0 atom stereocenters. The summed E-state index contributed by atoms with van der Waals surface area (Å²) in [6.45, 7) is 3.43. The minimum absolute atomic E-state index is 0.0371. The maximum absolute atomic E-state index is 10.9. The lowest BCUT2D eigenvalue weighted by molar-refractivity contribution is -0.384. The number of para-hydroxylation sites is 1. The lowest BCUT2D eigenvalue weighted by Gasteiger charge is -2.26. The largest absolute Gasteiger partial charge is 0.373 e. The molecule has 0 aliphatic heterocycles. The summed E-state index contributed by atoms with van der Waals surface area (Å²) in [5, 5.41) is 14.0. The highest BCUT2D eigenvalue weighted by molar-refractivity contribution is 6.33. The number of nitro groups is 1. The number of nitrogens with two attached hydrogens (primary N) is 1. The summed E-state index contributed by atoms with van der Waals surface area (Å²) in [7, 11) is 0. The standard InChI is InChI=1S/C11H14ClN3O3/c1-11(2,6-9(13)16)14-10-7(12)4-3-5-8(10)15(17)18/h3-5,14H,6H2,1-2H3,(H2,13,16). The number of halogens is 1. The number of nitro benzene ring substituents is 1. The molecule has 0 radical (unpaired) electrons. The third kappa shape index (κ3) is 3.59. The molecule has 98 valence electrons. The highest BCUT2D eigenvalue weighted by Gasteiger charge is 2.26. The van der Waals surface area contributed by atoms with Crippen LogP contribution in [0, 0.1) is 10.1 Å². The van der Waals surface area contributed by atoms with Crippen molar-refractivity contribution in [3.8, 4) is 0 Å². The fourth-order valence-corrected chi connectivity index (χ4v) is 1.82. The number of hydrogen-bond acceptors (Lipinski definition) is 4. The molecule has 18 heavy (non-hydrogen) atoms. The summed E-state index contributed by atoms with van der Waals surface area (Å²) in [4.78, 5) is 21.3. The van der Waals surface area contributed by atoms with Crippen LogP contribution in [0.15, 0.2) is 18.2 Å². The van der Waals surface area contributed by atoms with Crippen LogP contribution in [-0.2, 0) is 4.79 Å². The van der Waals surface area contributed by atoms with Crippen molar-refractivity contribution in [1.29, 1.82) is 0 Å². The Morgan fingerprint density at radius 1 is 1.56 bits per heavy atom. The highest BCUT2D eigenvalue weighted by Crippen LogP contribution is 2.34. The third-order valence-corrected chi connectivity index (χ3v) is 2.58. The zero-order chi connectivity index (χ0) is 13.9. The molecule has 0 aliphatic rings. The van der Waals surface area contributed by atoms with Gasteiger partial charge in [0.1, 0.15) is 5.69 Å². The van der Waals surface area contributed by atoms with E-state index < -0.39 is 16.4 Å². The number of nitrogens with one attached hydrogen (secondary N) is 1. The van der Waals surface area contributed by atoms with Gasteiger partial charge in [0.25, 0.3) is 5.69 Å². The Hall–Kier alpha value is -1.82. The van der Waals surface area contributed by atoms with Crippen molar-refractivity contribution in [3.63, 3.8) is 0 Å². The quantitative estimate of drug-likeness (QED) is 0.634. The van der Waals surface area contributed by atoms with E-state index in [2.05, 4.69) is 5.32 Å². The van der Waals surface area contributed by atoms with Crippen LogP contribution in [0.2, 0.25) is 5.02 Å². The van der Waals surface area contributed by atoms with Crippen LogP contribution in [0.3, 0.4) is 0 Å². The van der Waals surface area contributed by atoms with Gasteiger partial charge in [-0.3, -0.25) is 14.9 Å². The van der Waals surface area contributed by atoms with Crippen molar-refractivity contribution in [3.05, 3.63) is 33.3 Å². The Labute approximate surface area is 109 Å². The van der Waals surface area contributed by atoms with Gasteiger partial charge < -0.3 is 11.1 Å². The second kappa shape index (κ2) is 5.22. The van der Waals surface area contributed by atoms with Crippen LogP contribution >= 0.6 is 11.6 Å². The fraction of sp³-hybridized carbons (Fsp3) is 0.364. The monoisotopic (exact) mass is 271 g/mol. The molecule has 0 bridgehead atoms. The smallest absolute Gasteiger partial charge is 0.293 e. The number of carbonyl (C=O) groups is 1. The molecule has 0 fully saturated rings. The number of primary amides is 1. The average Bonchev–Trinajstić information content (AvgIpc) is 2.18. The molecule has 0 saturated heterocycles. The lowest BCUT2D eigenvalue weighted by atomic mass is 9.99. The predicted molar refractivity (Wildman–Crippen MR) is 69.6 cm³/mol. The molecule has 0 spiro atoms. The topological polar surface area (TPSA) is 98.3 Å². The summed E-state index contributed by atoms with van der Waals surface area (Å²) in [5.74, 6) is -0.498. The molecule has 1 aromatic rings. The maximum Gasteiger partial charge on any atom is 0.293 e. The molecule has 7 heteroatoms. The van der Waals surface area contributed by atoms with Crippen molar-refractivity contribution < 1.29 is 9.72 Å². The van der Waals surface area contributed by atoms with Gasteiger partial charge in [0, 0.05) is 18.0 Å². The van der Waals surface area contributed by atoms with Gasteiger partial charge in [-0.1, -0.05) is 17.7 Å². The van der Waals surface area contributed by atoms with E-state index in [0.29, 0.717) is 0 Å². The van der Waals surface area contributed by atoms with Crippen molar-refractivity contribution in [1.82, 2.24) is 0 Å². The van der Waals surface area contributed by atoms with E-state index in [1.165, 1.54) is 18.2 Å². The van der Waals surface area contributed by atoms with Gasteiger partial charge in [-0.2, -0.15) is 0 Å².